The molecular weight excluding hydrogens is 204 g/mol. The van der Waals surface area contributed by atoms with Gasteiger partial charge in [0.05, 0.1) is 0 Å². The van der Waals surface area contributed by atoms with Crippen molar-refractivity contribution in [2.45, 2.75) is 4.90 Å². The zero-order chi connectivity index (χ0) is 7.61. The number of halogens is 1. The lowest BCUT2D eigenvalue weighted by atomic mass is 10.4. The quantitative estimate of drug-likeness (QED) is 0.513. The maximum Gasteiger partial charge on any atom is 0.0216 e. The fourth-order valence-electron chi connectivity index (χ4n) is 0.594. The van der Waals surface area contributed by atoms with Crippen LogP contribution in [0.4, 0.5) is 0 Å². The van der Waals surface area contributed by atoms with Gasteiger partial charge in [-0.25, -0.2) is 0 Å². The Balaban J connectivity index is 2.97. The van der Waals surface area contributed by atoms with Gasteiger partial charge in [0, 0.05) is 4.90 Å². The lowest BCUT2D eigenvalue weighted by molar-refractivity contribution is 1.47. The van der Waals surface area contributed by atoms with Crippen LogP contribution in [0, 0.1) is 0 Å². The van der Waals surface area contributed by atoms with Crippen LogP contribution in [0.5, 0.6) is 0 Å². The average Bonchev–Trinajstić information content (AvgIpc) is 1.88. The molecule has 0 nitrogen and oxygen atoms in total. The highest BCUT2D eigenvalue weighted by molar-refractivity contribution is 9.25. The molecule has 0 amide bonds. The first-order valence-electron chi connectivity index (χ1n) is 2.63. The van der Waals surface area contributed by atoms with Gasteiger partial charge in [-0.2, -0.15) is 0 Å². The molecule has 0 aliphatic carbocycles. The standard InChI is InChI=1S/C6H7ClS3/c7-10(8,9)6-4-2-1-3-5-6/h1-5,8-9H. The fourth-order valence-corrected chi connectivity index (χ4v) is 2.14. The highest BCUT2D eigenvalue weighted by Gasteiger charge is 2.10. The van der Waals surface area contributed by atoms with Crippen LogP contribution in [0.25, 0.3) is 0 Å². The van der Waals surface area contributed by atoms with E-state index in [2.05, 4.69) is 23.3 Å². The fraction of sp³-hybridized carbons (Fsp3) is 0. The van der Waals surface area contributed by atoms with Crippen molar-refractivity contribution >= 4 is 41.3 Å². The Labute approximate surface area is 76.4 Å². The molecule has 0 fully saturated rings. The predicted octanol–water partition coefficient (Wildman–Crippen LogP) is 3.69. The number of thiol groups is 2. The van der Waals surface area contributed by atoms with E-state index in [4.69, 9.17) is 10.7 Å². The topological polar surface area (TPSA) is 0 Å². The van der Waals surface area contributed by atoms with Gasteiger partial charge in [0.25, 0.3) is 0 Å². The molecule has 1 rings (SSSR count). The minimum atomic E-state index is -1.64. The van der Waals surface area contributed by atoms with E-state index in [1.165, 1.54) is 0 Å². The molecule has 0 saturated carbocycles. The summed E-state index contributed by atoms with van der Waals surface area (Å²) in [5.74, 6) is 0. The first-order valence-corrected chi connectivity index (χ1v) is 7.20. The van der Waals surface area contributed by atoms with Crippen LogP contribution in [-0.4, -0.2) is 0 Å². The molecule has 0 aromatic heterocycles. The first kappa shape index (κ1) is 8.65. The minimum absolute atomic E-state index is 0.975. The van der Waals surface area contributed by atoms with E-state index in [-0.39, 0.29) is 0 Å². The predicted molar refractivity (Wildman–Crippen MR) is 56.1 cm³/mol. The van der Waals surface area contributed by atoms with Crippen LogP contribution < -0.4 is 0 Å². The molecule has 1 aromatic carbocycles. The van der Waals surface area contributed by atoms with E-state index in [1.54, 1.807) is 0 Å². The monoisotopic (exact) mass is 210 g/mol. The van der Waals surface area contributed by atoms with Crippen molar-refractivity contribution in [3.8, 4) is 0 Å². The van der Waals surface area contributed by atoms with Gasteiger partial charge in [-0.15, -0.1) is 23.3 Å². The molecule has 0 aliphatic rings. The van der Waals surface area contributed by atoms with Crippen LogP contribution in [0.1, 0.15) is 0 Å². The zero-order valence-corrected chi connectivity index (χ0v) is 8.43. The van der Waals surface area contributed by atoms with Crippen molar-refractivity contribution in [2.24, 2.45) is 0 Å². The van der Waals surface area contributed by atoms with Crippen molar-refractivity contribution in [1.29, 1.82) is 0 Å². The van der Waals surface area contributed by atoms with Gasteiger partial charge >= 0.3 is 0 Å². The summed E-state index contributed by atoms with van der Waals surface area (Å²) in [4.78, 5) is 0.975. The van der Waals surface area contributed by atoms with Crippen molar-refractivity contribution in [1.82, 2.24) is 0 Å². The molecule has 0 unspecified atom stereocenters. The molecule has 0 aliphatic heterocycles. The number of hydrogen-bond donors (Lipinski definition) is 2. The Hall–Kier alpha value is 0.560. The minimum Gasteiger partial charge on any atom is -0.102 e. The van der Waals surface area contributed by atoms with Gasteiger partial charge in [-0.05, 0) is 30.1 Å². The number of rotatable bonds is 1. The lowest BCUT2D eigenvalue weighted by Gasteiger charge is -2.18. The normalized spacial score (nSPS) is 13.1. The van der Waals surface area contributed by atoms with Gasteiger partial charge in [-0.1, -0.05) is 18.2 Å². The molecule has 10 heavy (non-hydrogen) atoms. The molecule has 0 radical (unpaired) electrons. The molecule has 0 spiro atoms. The van der Waals surface area contributed by atoms with Gasteiger partial charge in [-0.3, -0.25) is 0 Å². The summed E-state index contributed by atoms with van der Waals surface area (Å²) < 4.78 is 0. The largest absolute Gasteiger partial charge is 0.102 e. The molecule has 0 heterocycles. The third-order valence-electron chi connectivity index (χ3n) is 1.04. The van der Waals surface area contributed by atoms with Gasteiger partial charge in [0.15, 0.2) is 0 Å². The Morgan fingerprint density at radius 3 is 1.90 bits per heavy atom. The highest BCUT2D eigenvalue weighted by atomic mass is 35.8. The summed E-state index contributed by atoms with van der Waals surface area (Å²) in [5, 5.41) is 0. The van der Waals surface area contributed by atoms with Crippen molar-refractivity contribution in [2.75, 3.05) is 0 Å². The third kappa shape index (κ3) is 2.31. The van der Waals surface area contributed by atoms with Crippen molar-refractivity contribution in [3.63, 3.8) is 0 Å². The second-order valence-electron chi connectivity index (χ2n) is 1.79. The summed E-state index contributed by atoms with van der Waals surface area (Å²) in [6.45, 7) is 0. The van der Waals surface area contributed by atoms with E-state index < -0.39 is 7.31 Å². The molecule has 0 bridgehead atoms. The molecule has 56 valence electrons. The SMILES string of the molecule is SS(S)(Cl)c1ccccc1. The second kappa shape index (κ2) is 3.30. The molecule has 0 atom stereocenters. The second-order valence-corrected chi connectivity index (χ2v) is 10.1. The summed E-state index contributed by atoms with van der Waals surface area (Å²) in [5.41, 5.74) is 0. The first-order chi connectivity index (χ1) is 4.61. The molecule has 1 aromatic rings. The lowest BCUT2D eigenvalue weighted by Crippen LogP contribution is -1.72. The van der Waals surface area contributed by atoms with Crippen molar-refractivity contribution < 1.29 is 0 Å². The maximum absolute atomic E-state index is 5.87. The van der Waals surface area contributed by atoms with Gasteiger partial charge < -0.3 is 0 Å². The van der Waals surface area contributed by atoms with Crippen LogP contribution in [0.15, 0.2) is 35.2 Å². The summed E-state index contributed by atoms with van der Waals surface area (Å²) >= 11 is 8.31. The third-order valence-corrected chi connectivity index (χ3v) is 3.71. The van der Waals surface area contributed by atoms with Gasteiger partial charge in [0.1, 0.15) is 0 Å². The van der Waals surface area contributed by atoms with E-state index in [1.807, 2.05) is 30.3 Å². The van der Waals surface area contributed by atoms with Gasteiger partial charge in [0.2, 0.25) is 0 Å². The zero-order valence-electron chi connectivity index (χ0n) is 5.07. The summed E-state index contributed by atoms with van der Waals surface area (Å²) in [6, 6.07) is 9.62. The van der Waals surface area contributed by atoms with E-state index in [9.17, 15) is 0 Å². The molecular formula is C6H7ClS3. The Kier molecular flexibility index (Phi) is 2.86. The van der Waals surface area contributed by atoms with E-state index in [0.29, 0.717) is 0 Å². The highest BCUT2D eigenvalue weighted by Crippen LogP contribution is 2.68. The summed E-state index contributed by atoms with van der Waals surface area (Å²) in [7, 11) is 4.23. The molecule has 0 N–H and O–H groups in total. The molecule has 0 saturated heterocycles. The Bertz CT molecular complexity index is 204. The Morgan fingerprint density at radius 1 is 1.10 bits per heavy atom. The Morgan fingerprint density at radius 2 is 1.60 bits per heavy atom. The van der Waals surface area contributed by atoms with Crippen LogP contribution in [0.3, 0.4) is 0 Å². The van der Waals surface area contributed by atoms with Crippen LogP contribution in [0.2, 0.25) is 0 Å². The van der Waals surface area contributed by atoms with E-state index in [0.717, 1.165) is 4.90 Å². The molecule has 4 heteroatoms. The van der Waals surface area contributed by atoms with Crippen LogP contribution >= 0.6 is 41.3 Å². The van der Waals surface area contributed by atoms with Crippen LogP contribution in [-0.2, 0) is 0 Å². The average molecular weight is 211 g/mol. The summed E-state index contributed by atoms with van der Waals surface area (Å²) in [6.07, 6.45) is 0. The number of benzene rings is 1. The maximum atomic E-state index is 5.87. The van der Waals surface area contributed by atoms with Crippen molar-refractivity contribution in [3.05, 3.63) is 30.3 Å². The van der Waals surface area contributed by atoms with E-state index >= 15 is 0 Å². The smallest absolute Gasteiger partial charge is 0.0216 e. The number of hydrogen-bond acceptors (Lipinski definition) is 2.